The Balaban J connectivity index is 1.90. The Bertz CT molecular complexity index is 836. The summed E-state index contributed by atoms with van der Waals surface area (Å²) in [6, 6.07) is 13.0. The molecule has 0 fully saturated rings. The van der Waals surface area contributed by atoms with E-state index in [4.69, 9.17) is 14.6 Å². The van der Waals surface area contributed by atoms with Gasteiger partial charge in [-0.05, 0) is 37.3 Å². The van der Waals surface area contributed by atoms with Crippen LogP contribution in [0.25, 0.3) is 0 Å². The van der Waals surface area contributed by atoms with E-state index >= 15 is 0 Å². The Labute approximate surface area is 146 Å². The smallest absolute Gasteiger partial charge is 0.238 e. The van der Waals surface area contributed by atoms with Crippen molar-refractivity contribution in [2.75, 3.05) is 18.5 Å². The maximum absolute atomic E-state index is 12.0. The van der Waals surface area contributed by atoms with Crippen LogP contribution in [0.5, 0.6) is 11.5 Å². The fraction of sp³-hybridized carbons (Fsp3) is 0.235. The van der Waals surface area contributed by atoms with Crippen molar-refractivity contribution in [1.29, 1.82) is 0 Å². The molecule has 0 aromatic heterocycles. The van der Waals surface area contributed by atoms with Gasteiger partial charge >= 0.3 is 0 Å². The first-order chi connectivity index (χ1) is 11.9. The number of amides is 1. The minimum absolute atomic E-state index is 0.0628. The molecule has 0 bridgehead atoms. The normalized spacial score (nSPS) is 11.0. The molecule has 0 saturated carbocycles. The monoisotopic (exact) mass is 364 g/mol. The van der Waals surface area contributed by atoms with Gasteiger partial charge in [-0.3, -0.25) is 4.79 Å². The van der Waals surface area contributed by atoms with Gasteiger partial charge in [0, 0.05) is 5.69 Å². The van der Waals surface area contributed by atoms with Gasteiger partial charge in [0.2, 0.25) is 15.9 Å². The lowest BCUT2D eigenvalue weighted by molar-refractivity contribution is -0.116. The van der Waals surface area contributed by atoms with Crippen LogP contribution < -0.4 is 19.9 Å². The number of nitrogens with two attached hydrogens (primary N) is 1. The molecule has 8 heteroatoms. The molecule has 1 amide bonds. The SMILES string of the molecule is CCOc1ccccc1OCCC(=O)Nc1cccc(S(N)(=O)=O)c1. The van der Waals surface area contributed by atoms with Crippen LogP contribution in [0.3, 0.4) is 0 Å². The largest absolute Gasteiger partial charge is 0.490 e. The van der Waals surface area contributed by atoms with E-state index in [1.165, 1.54) is 18.2 Å². The maximum atomic E-state index is 12.0. The zero-order chi connectivity index (χ0) is 18.3. The van der Waals surface area contributed by atoms with Crippen LogP contribution in [0.1, 0.15) is 13.3 Å². The van der Waals surface area contributed by atoms with Gasteiger partial charge in [0.05, 0.1) is 24.5 Å². The lowest BCUT2D eigenvalue weighted by Crippen LogP contribution is -2.16. The topological polar surface area (TPSA) is 108 Å². The molecule has 3 N–H and O–H groups in total. The molecule has 25 heavy (non-hydrogen) atoms. The second kappa shape index (κ2) is 8.50. The molecule has 0 heterocycles. The van der Waals surface area contributed by atoms with Gasteiger partial charge in [0.25, 0.3) is 0 Å². The van der Waals surface area contributed by atoms with E-state index in [-0.39, 0.29) is 23.8 Å². The van der Waals surface area contributed by atoms with Crippen LogP contribution in [-0.2, 0) is 14.8 Å². The van der Waals surface area contributed by atoms with Crippen molar-refractivity contribution in [2.45, 2.75) is 18.2 Å². The Morgan fingerprint density at radius 2 is 1.76 bits per heavy atom. The molecule has 2 rings (SSSR count). The number of hydrogen-bond acceptors (Lipinski definition) is 5. The van der Waals surface area contributed by atoms with Crippen LogP contribution in [0.15, 0.2) is 53.4 Å². The third-order valence-electron chi connectivity index (χ3n) is 3.18. The summed E-state index contributed by atoms with van der Waals surface area (Å²) >= 11 is 0. The Morgan fingerprint density at radius 3 is 2.40 bits per heavy atom. The van der Waals surface area contributed by atoms with Crippen molar-refractivity contribution in [1.82, 2.24) is 0 Å². The van der Waals surface area contributed by atoms with Gasteiger partial charge in [-0.2, -0.15) is 0 Å². The number of anilines is 1. The quantitative estimate of drug-likeness (QED) is 0.746. The highest BCUT2D eigenvalue weighted by Gasteiger charge is 2.10. The Hall–Kier alpha value is -2.58. The first-order valence-electron chi connectivity index (χ1n) is 7.67. The van der Waals surface area contributed by atoms with E-state index in [2.05, 4.69) is 5.32 Å². The molecular weight excluding hydrogens is 344 g/mol. The molecule has 0 radical (unpaired) electrons. The summed E-state index contributed by atoms with van der Waals surface area (Å²) < 4.78 is 33.7. The predicted molar refractivity (Wildman–Crippen MR) is 94.2 cm³/mol. The summed E-state index contributed by atoms with van der Waals surface area (Å²) in [6.07, 6.45) is 0.0973. The number of hydrogen-bond donors (Lipinski definition) is 2. The number of carbonyl (C=O) groups excluding carboxylic acids is 1. The number of carbonyl (C=O) groups is 1. The Kier molecular flexibility index (Phi) is 6.37. The molecule has 0 atom stereocenters. The molecule has 0 unspecified atom stereocenters. The molecule has 0 aliphatic rings. The fourth-order valence-corrected chi connectivity index (χ4v) is 2.63. The van der Waals surface area contributed by atoms with Crippen LogP contribution in [-0.4, -0.2) is 27.5 Å². The summed E-state index contributed by atoms with van der Waals surface area (Å²) in [5.74, 6) is 0.875. The number of ether oxygens (including phenoxy) is 2. The highest BCUT2D eigenvalue weighted by Crippen LogP contribution is 2.26. The second-order valence-electron chi connectivity index (χ2n) is 5.10. The van der Waals surface area contributed by atoms with E-state index in [0.29, 0.717) is 23.8 Å². The van der Waals surface area contributed by atoms with Crippen LogP contribution >= 0.6 is 0 Å². The minimum Gasteiger partial charge on any atom is -0.490 e. The first-order valence-corrected chi connectivity index (χ1v) is 9.22. The van der Waals surface area contributed by atoms with Gasteiger partial charge in [-0.15, -0.1) is 0 Å². The molecule has 134 valence electrons. The van der Waals surface area contributed by atoms with Crippen molar-refractivity contribution in [2.24, 2.45) is 5.14 Å². The standard InChI is InChI=1S/C17H20N2O5S/c1-2-23-15-8-3-4-9-16(15)24-11-10-17(20)19-13-6-5-7-14(12-13)25(18,21)22/h3-9,12H,2,10-11H2,1H3,(H,19,20)(H2,18,21,22). The fourth-order valence-electron chi connectivity index (χ4n) is 2.07. The number of nitrogens with one attached hydrogen (secondary N) is 1. The van der Waals surface area contributed by atoms with Crippen molar-refractivity contribution < 1.29 is 22.7 Å². The third-order valence-corrected chi connectivity index (χ3v) is 4.09. The lowest BCUT2D eigenvalue weighted by atomic mass is 10.3. The van der Waals surface area contributed by atoms with Crippen molar-refractivity contribution in [3.63, 3.8) is 0 Å². The number of rotatable bonds is 8. The zero-order valence-corrected chi connectivity index (χ0v) is 14.6. The number of para-hydroxylation sites is 2. The van der Waals surface area contributed by atoms with Gasteiger partial charge in [0.1, 0.15) is 0 Å². The predicted octanol–water partition coefficient (Wildman–Crippen LogP) is 2.14. The van der Waals surface area contributed by atoms with Crippen LogP contribution in [0, 0.1) is 0 Å². The first kappa shape index (κ1) is 18.8. The molecule has 0 saturated heterocycles. The second-order valence-corrected chi connectivity index (χ2v) is 6.66. The third kappa shape index (κ3) is 5.77. The van der Waals surface area contributed by atoms with E-state index in [1.807, 2.05) is 19.1 Å². The average molecular weight is 364 g/mol. The van der Waals surface area contributed by atoms with Crippen LogP contribution in [0.2, 0.25) is 0 Å². The van der Waals surface area contributed by atoms with Gasteiger partial charge in [0.15, 0.2) is 11.5 Å². The highest BCUT2D eigenvalue weighted by atomic mass is 32.2. The molecule has 2 aromatic rings. The number of sulfonamides is 1. The van der Waals surface area contributed by atoms with E-state index in [1.54, 1.807) is 18.2 Å². The minimum atomic E-state index is -3.81. The average Bonchev–Trinajstić information content (AvgIpc) is 2.56. The summed E-state index contributed by atoms with van der Waals surface area (Å²) in [5.41, 5.74) is 0.353. The lowest BCUT2D eigenvalue weighted by Gasteiger charge is -2.11. The van der Waals surface area contributed by atoms with E-state index in [9.17, 15) is 13.2 Å². The van der Waals surface area contributed by atoms with Crippen molar-refractivity contribution in [3.05, 3.63) is 48.5 Å². The maximum Gasteiger partial charge on any atom is 0.238 e. The highest BCUT2D eigenvalue weighted by molar-refractivity contribution is 7.89. The Morgan fingerprint density at radius 1 is 1.08 bits per heavy atom. The summed E-state index contributed by atoms with van der Waals surface area (Å²) in [4.78, 5) is 11.9. The van der Waals surface area contributed by atoms with Gasteiger partial charge < -0.3 is 14.8 Å². The molecule has 0 spiro atoms. The molecule has 7 nitrogen and oxygen atoms in total. The zero-order valence-electron chi connectivity index (χ0n) is 13.8. The van der Waals surface area contributed by atoms with Crippen LogP contribution in [0.4, 0.5) is 5.69 Å². The number of primary sulfonamides is 1. The van der Waals surface area contributed by atoms with Gasteiger partial charge in [-0.1, -0.05) is 18.2 Å². The van der Waals surface area contributed by atoms with E-state index < -0.39 is 10.0 Å². The van der Waals surface area contributed by atoms with E-state index in [0.717, 1.165) is 0 Å². The van der Waals surface area contributed by atoms with Crippen molar-refractivity contribution >= 4 is 21.6 Å². The molecule has 0 aliphatic carbocycles. The summed E-state index contributed by atoms with van der Waals surface area (Å²) in [5, 5.41) is 7.68. The molecule has 0 aliphatic heterocycles. The number of benzene rings is 2. The molecular formula is C17H20N2O5S. The van der Waals surface area contributed by atoms with Gasteiger partial charge in [-0.25, -0.2) is 13.6 Å². The summed E-state index contributed by atoms with van der Waals surface area (Å²) in [6.45, 7) is 2.55. The molecule has 2 aromatic carbocycles. The summed E-state index contributed by atoms with van der Waals surface area (Å²) in [7, 11) is -3.81. The van der Waals surface area contributed by atoms with Crippen molar-refractivity contribution in [3.8, 4) is 11.5 Å².